The molecule has 1 aromatic rings. The largest absolute Gasteiger partial charge is 0.355 e. The number of carbonyl (C=O) groups is 3. The fourth-order valence-corrected chi connectivity index (χ4v) is 3.80. The van der Waals surface area contributed by atoms with Crippen LogP contribution in [0.25, 0.3) is 0 Å². The van der Waals surface area contributed by atoms with Crippen LogP contribution in [-0.4, -0.2) is 58.5 Å². The fourth-order valence-electron chi connectivity index (χ4n) is 3.13. The van der Waals surface area contributed by atoms with Crippen LogP contribution < -0.4 is 10.6 Å². The summed E-state index contributed by atoms with van der Waals surface area (Å²) >= 11 is 1.37. The Balaban J connectivity index is 1.55. The molecule has 7 nitrogen and oxygen atoms in total. The molecule has 2 aliphatic rings. The van der Waals surface area contributed by atoms with E-state index in [4.69, 9.17) is 0 Å². The highest BCUT2D eigenvalue weighted by atomic mass is 32.2. The monoisotopic (exact) mass is 376 g/mol. The van der Waals surface area contributed by atoms with Gasteiger partial charge < -0.3 is 15.5 Å². The second-order valence-corrected chi connectivity index (χ2v) is 7.63. The van der Waals surface area contributed by atoms with Gasteiger partial charge in [0.2, 0.25) is 17.7 Å². The molecule has 0 bridgehead atoms. The second-order valence-electron chi connectivity index (χ2n) is 6.63. The van der Waals surface area contributed by atoms with Gasteiger partial charge in [-0.2, -0.15) is 0 Å². The van der Waals surface area contributed by atoms with Gasteiger partial charge in [-0.1, -0.05) is 17.8 Å². The van der Waals surface area contributed by atoms with Crippen LogP contribution in [0.15, 0.2) is 29.4 Å². The van der Waals surface area contributed by atoms with E-state index in [9.17, 15) is 14.4 Å². The Morgan fingerprint density at radius 1 is 1.31 bits per heavy atom. The minimum atomic E-state index is -0.489. The minimum Gasteiger partial charge on any atom is -0.355 e. The maximum atomic E-state index is 12.5. The van der Waals surface area contributed by atoms with E-state index in [1.165, 1.54) is 11.8 Å². The molecule has 3 amide bonds. The van der Waals surface area contributed by atoms with Crippen molar-refractivity contribution in [3.05, 3.63) is 24.4 Å². The quantitative estimate of drug-likeness (QED) is 0.687. The van der Waals surface area contributed by atoms with Gasteiger partial charge in [0.15, 0.2) is 0 Å². The number of amides is 3. The average Bonchev–Trinajstić information content (AvgIpc) is 3.41. The van der Waals surface area contributed by atoms with Crippen molar-refractivity contribution in [2.24, 2.45) is 5.92 Å². The molecule has 2 unspecified atom stereocenters. The number of likely N-dealkylation sites (tertiary alicyclic amines) is 1. The maximum Gasteiger partial charge on any atom is 0.242 e. The molecule has 1 aromatic heterocycles. The Bertz CT molecular complexity index is 666. The maximum absolute atomic E-state index is 12.5. The van der Waals surface area contributed by atoms with Crippen molar-refractivity contribution >= 4 is 29.5 Å². The van der Waals surface area contributed by atoms with Crippen molar-refractivity contribution in [3.8, 4) is 0 Å². The van der Waals surface area contributed by atoms with Gasteiger partial charge >= 0.3 is 0 Å². The van der Waals surface area contributed by atoms with E-state index in [-0.39, 0.29) is 35.4 Å². The van der Waals surface area contributed by atoms with Gasteiger partial charge in [0, 0.05) is 31.2 Å². The zero-order valence-electron chi connectivity index (χ0n) is 14.8. The Kier molecular flexibility index (Phi) is 6.13. The molecule has 8 heteroatoms. The predicted molar refractivity (Wildman–Crippen MR) is 98.4 cm³/mol. The van der Waals surface area contributed by atoms with E-state index in [0.29, 0.717) is 19.5 Å². The molecular weight excluding hydrogens is 352 g/mol. The third kappa shape index (κ3) is 4.75. The summed E-state index contributed by atoms with van der Waals surface area (Å²) in [7, 11) is 0. The SMILES string of the molecule is CCNC(=O)C1CC(NC(=O)CSc2ccccn2)CN1C(=O)C1CC1. The number of thioether (sulfide) groups is 1. The van der Waals surface area contributed by atoms with Gasteiger partial charge in [-0.15, -0.1) is 0 Å². The molecular formula is C18H24N4O3S. The molecule has 2 N–H and O–H groups in total. The molecule has 0 aromatic carbocycles. The highest BCUT2D eigenvalue weighted by molar-refractivity contribution is 7.99. The summed E-state index contributed by atoms with van der Waals surface area (Å²) in [5, 5.41) is 6.54. The lowest BCUT2D eigenvalue weighted by molar-refractivity contribution is -0.139. The van der Waals surface area contributed by atoms with E-state index < -0.39 is 6.04 Å². The van der Waals surface area contributed by atoms with Crippen LogP contribution in [-0.2, 0) is 14.4 Å². The number of rotatable bonds is 7. The van der Waals surface area contributed by atoms with E-state index in [0.717, 1.165) is 17.9 Å². The van der Waals surface area contributed by atoms with Crippen LogP contribution in [0, 0.1) is 5.92 Å². The van der Waals surface area contributed by atoms with Gasteiger partial charge in [0.1, 0.15) is 6.04 Å². The van der Waals surface area contributed by atoms with Crippen LogP contribution in [0.3, 0.4) is 0 Å². The van der Waals surface area contributed by atoms with Crippen molar-refractivity contribution in [1.82, 2.24) is 20.5 Å². The van der Waals surface area contributed by atoms with Gasteiger partial charge in [-0.3, -0.25) is 14.4 Å². The Labute approximate surface area is 157 Å². The number of nitrogens with one attached hydrogen (secondary N) is 2. The van der Waals surface area contributed by atoms with Gasteiger partial charge in [0.05, 0.1) is 10.8 Å². The number of pyridine rings is 1. The molecule has 1 saturated heterocycles. The summed E-state index contributed by atoms with van der Waals surface area (Å²) in [5.74, 6) is 0.111. The third-order valence-electron chi connectivity index (χ3n) is 4.52. The van der Waals surface area contributed by atoms with E-state index >= 15 is 0 Å². The summed E-state index contributed by atoms with van der Waals surface area (Å²) in [5.41, 5.74) is 0. The van der Waals surface area contributed by atoms with Crippen LogP contribution in [0.2, 0.25) is 0 Å². The fraction of sp³-hybridized carbons (Fsp3) is 0.556. The zero-order chi connectivity index (χ0) is 18.5. The van der Waals surface area contributed by atoms with Crippen molar-refractivity contribution in [3.63, 3.8) is 0 Å². The molecule has 2 fully saturated rings. The molecule has 140 valence electrons. The predicted octanol–water partition coefficient (Wildman–Crippen LogP) is 0.805. The summed E-state index contributed by atoms with van der Waals surface area (Å²) in [4.78, 5) is 42.9. The van der Waals surface area contributed by atoms with Crippen LogP contribution in [0.5, 0.6) is 0 Å². The molecule has 2 heterocycles. The van der Waals surface area contributed by atoms with Crippen molar-refractivity contribution < 1.29 is 14.4 Å². The Morgan fingerprint density at radius 3 is 2.77 bits per heavy atom. The molecule has 26 heavy (non-hydrogen) atoms. The van der Waals surface area contributed by atoms with Crippen LogP contribution >= 0.6 is 11.8 Å². The van der Waals surface area contributed by atoms with Crippen molar-refractivity contribution in [2.75, 3.05) is 18.8 Å². The van der Waals surface area contributed by atoms with E-state index in [1.54, 1.807) is 11.1 Å². The Hall–Kier alpha value is -2.09. The van der Waals surface area contributed by atoms with E-state index in [2.05, 4.69) is 15.6 Å². The highest BCUT2D eigenvalue weighted by Crippen LogP contribution is 2.33. The van der Waals surface area contributed by atoms with Gasteiger partial charge in [-0.25, -0.2) is 4.98 Å². The van der Waals surface area contributed by atoms with Gasteiger partial charge in [-0.05, 0) is 38.3 Å². The van der Waals surface area contributed by atoms with Crippen molar-refractivity contribution in [2.45, 2.75) is 43.3 Å². The summed E-state index contributed by atoms with van der Waals surface area (Å²) in [6, 6.07) is 4.88. The summed E-state index contributed by atoms with van der Waals surface area (Å²) < 4.78 is 0. The molecule has 2 atom stereocenters. The number of nitrogens with zero attached hydrogens (tertiary/aromatic N) is 2. The number of carbonyl (C=O) groups excluding carboxylic acids is 3. The number of hydrogen-bond donors (Lipinski definition) is 2. The van der Waals surface area contributed by atoms with Crippen molar-refractivity contribution in [1.29, 1.82) is 0 Å². The van der Waals surface area contributed by atoms with Gasteiger partial charge in [0.25, 0.3) is 0 Å². The Morgan fingerprint density at radius 2 is 2.12 bits per heavy atom. The first-order chi connectivity index (χ1) is 12.6. The lowest BCUT2D eigenvalue weighted by atomic mass is 10.1. The van der Waals surface area contributed by atoms with E-state index in [1.807, 2.05) is 25.1 Å². The normalized spacial score (nSPS) is 22.1. The smallest absolute Gasteiger partial charge is 0.242 e. The highest BCUT2D eigenvalue weighted by Gasteiger charge is 2.44. The molecule has 0 radical (unpaired) electrons. The first-order valence-electron chi connectivity index (χ1n) is 9.00. The topological polar surface area (TPSA) is 91.4 Å². The minimum absolute atomic E-state index is 0.0425. The van der Waals surface area contributed by atoms with Crippen LogP contribution in [0.1, 0.15) is 26.2 Å². The molecule has 0 spiro atoms. The average molecular weight is 376 g/mol. The first kappa shape index (κ1) is 18.7. The molecule has 1 saturated carbocycles. The number of likely N-dealkylation sites (N-methyl/N-ethyl adjacent to an activating group) is 1. The zero-order valence-corrected chi connectivity index (χ0v) is 15.6. The number of hydrogen-bond acceptors (Lipinski definition) is 5. The number of aromatic nitrogens is 1. The molecule has 1 aliphatic heterocycles. The summed E-state index contributed by atoms with van der Waals surface area (Å²) in [6.45, 7) is 2.78. The van der Waals surface area contributed by atoms with Crippen LogP contribution in [0.4, 0.5) is 0 Å². The lowest BCUT2D eigenvalue weighted by Crippen LogP contribution is -2.46. The third-order valence-corrected chi connectivity index (χ3v) is 5.46. The standard InChI is InChI=1S/C18H24N4O3S/c1-2-19-17(24)14-9-13(10-22(14)18(25)12-6-7-12)21-15(23)11-26-16-5-3-4-8-20-16/h3-5,8,12-14H,2,6-7,9-11H2,1H3,(H,19,24)(H,21,23). The summed E-state index contributed by atoms with van der Waals surface area (Å²) in [6.07, 6.45) is 3.95. The molecule has 1 aliphatic carbocycles. The second kappa shape index (κ2) is 8.53. The molecule has 3 rings (SSSR count). The first-order valence-corrected chi connectivity index (χ1v) is 9.98. The lowest BCUT2D eigenvalue weighted by Gasteiger charge is -2.23.